The third kappa shape index (κ3) is 2.22. The largest absolute Gasteiger partial charge is 0.448 e. The molecular weight excluding hydrogens is 220 g/mol. The molecule has 92 valence electrons. The molecule has 0 radical (unpaired) electrons. The van der Waals surface area contributed by atoms with Gasteiger partial charge in [-0.15, -0.1) is 0 Å². The van der Waals surface area contributed by atoms with Crippen molar-refractivity contribution in [3.8, 4) is 0 Å². The van der Waals surface area contributed by atoms with E-state index in [1.54, 1.807) is 20.8 Å². The Morgan fingerprint density at radius 3 is 2.00 bits per heavy atom. The van der Waals surface area contributed by atoms with Gasteiger partial charge in [-0.1, -0.05) is 20.8 Å². The Morgan fingerprint density at radius 1 is 1.19 bits per heavy atom. The molecule has 0 saturated carbocycles. The lowest BCUT2D eigenvalue weighted by Gasteiger charge is -2.25. The van der Waals surface area contributed by atoms with Crippen molar-refractivity contribution in [2.45, 2.75) is 44.8 Å². The molecule has 1 heterocycles. The van der Waals surface area contributed by atoms with Crippen molar-refractivity contribution >= 4 is 0 Å². The molecule has 4 nitrogen and oxygen atoms in total. The zero-order valence-electron chi connectivity index (χ0n) is 9.58. The summed E-state index contributed by atoms with van der Waals surface area (Å²) >= 11 is 0. The van der Waals surface area contributed by atoms with Gasteiger partial charge in [0, 0.05) is 12.3 Å². The van der Waals surface area contributed by atoms with Crippen molar-refractivity contribution < 1.29 is 23.4 Å². The van der Waals surface area contributed by atoms with E-state index in [1.807, 2.05) is 0 Å². The second kappa shape index (κ2) is 3.49. The summed E-state index contributed by atoms with van der Waals surface area (Å²) < 4.78 is 30.8. The minimum absolute atomic E-state index is 0.166. The van der Waals surface area contributed by atoms with Crippen LogP contribution in [0.4, 0.5) is 8.78 Å². The van der Waals surface area contributed by atoms with Gasteiger partial charge in [-0.25, -0.2) is 13.8 Å². The minimum atomic E-state index is -3.72. The van der Waals surface area contributed by atoms with E-state index in [-0.39, 0.29) is 5.89 Å². The predicted molar refractivity (Wildman–Crippen MR) is 51.9 cm³/mol. The molecule has 16 heavy (non-hydrogen) atoms. The van der Waals surface area contributed by atoms with Crippen molar-refractivity contribution in [3.63, 3.8) is 0 Å². The Bertz CT molecular complexity index is 374. The summed E-state index contributed by atoms with van der Waals surface area (Å²) in [6.07, 6.45) is 0.831. The highest BCUT2D eigenvalue weighted by atomic mass is 19.3. The van der Waals surface area contributed by atoms with Crippen LogP contribution in [0.5, 0.6) is 0 Å². The molecule has 2 N–H and O–H groups in total. The highest BCUT2D eigenvalue weighted by Crippen LogP contribution is 2.35. The van der Waals surface area contributed by atoms with Crippen molar-refractivity contribution in [2.75, 3.05) is 0 Å². The molecule has 0 aromatic carbocycles. The molecule has 0 atom stereocenters. The summed E-state index contributed by atoms with van der Waals surface area (Å²) in [5.74, 6) is -6.88. The standard InChI is InChI=1S/C10H15F2NO3/c1-8(2,3)7-13-6(5-16-7)10(14,15)9(4,11)12/h5,14-15H,1-4H3. The fourth-order valence-corrected chi connectivity index (χ4v) is 1.00. The van der Waals surface area contributed by atoms with Crippen LogP contribution >= 0.6 is 0 Å². The first-order valence-corrected chi connectivity index (χ1v) is 4.75. The zero-order valence-corrected chi connectivity index (χ0v) is 9.58. The number of aromatic nitrogens is 1. The van der Waals surface area contributed by atoms with Gasteiger partial charge >= 0.3 is 5.92 Å². The average molecular weight is 235 g/mol. The van der Waals surface area contributed by atoms with E-state index in [9.17, 15) is 19.0 Å². The van der Waals surface area contributed by atoms with Crippen LogP contribution in [0.25, 0.3) is 0 Å². The van der Waals surface area contributed by atoms with Crippen LogP contribution in [0.1, 0.15) is 39.3 Å². The summed E-state index contributed by atoms with van der Waals surface area (Å²) in [6.45, 7) is 5.70. The molecule has 0 aliphatic carbocycles. The Balaban J connectivity index is 3.13. The number of hydrogen-bond donors (Lipinski definition) is 2. The Morgan fingerprint density at radius 2 is 1.69 bits per heavy atom. The first-order valence-electron chi connectivity index (χ1n) is 4.75. The molecule has 1 rings (SSSR count). The van der Waals surface area contributed by atoms with Crippen LogP contribution in [-0.2, 0) is 11.2 Å². The number of oxazole rings is 1. The Labute approximate surface area is 91.9 Å². The lowest BCUT2D eigenvalue weighted by atomic mass is 9.97. The highest BCUT2D eigenvalue weighted by molar-refractivity contribution is 5.11. The summed E-state index contributed by atoms with van der Waals surface area (Å²) in [7, 11) is 0. The van der Waals surface area contributed by atoms with Gasteiger partial charge in [0.05, 0.1) is 0 Å². The van der Waals surface area contributed by atoms with Crippen LogP contribution < -0.4 is 0 Å². The second-order valence-corrected chi connectivity index (χ2v) is 4.85. The molecule has 0 unspecified atom stereocenters. The van der Waals surface area contributed by atoms with Crippen molar-refractivity contribution in [1.82, 2.24) is 4.98 Å². The second-order valence-electron chi connectivity index (χ2n) is 4.85. The maximum Gasteiger partial charge on any atom is 0.304 e. The third-order valence-corrected chi connectivity index (χ3v) is 2.12. The molecule has 1 aromatic rings. The number of halogens is 2. The van der Waals surface area contributed by atoms with Gasteiger partial charge in [0.2, 0.25) is 0 Å². The van der Waals surface area contributed by atoms with Crippen LogP contribution in [0.15, 0.2) is 10.7 Å². The smallest absolute Gasteiger partial charge is 0.304 e. The highest BCUT2D eigenvalue weighted by Gasteiger charge is 2.51. The van der Waals surface area contributed by atoms with E-state index in [0.717, 1.165) is 6.26 Å². The van der Waals surface area contributed by atoms with Gasteiger partial charge < -0.3 is 14.6 Å². The van der Waals surface area contributed by atoms with Crippen LogP contribution in [0.2, 0.25) is 0 Å². The normalized spacial score (nSPS) is 14.2. The molecule has 0 saturated heterocycles. The number of alkyl halides is 2. The van der Waals surface area contributed by atoms with E-state index in [1.165, 1.54) is 0 Å². The molecule has 0 bridgehead atoms. The quantitative estimate of drug-likeness (QED) is 0.766. The van der Waals surface area contributed by atoms with Crippen LogP contribution in [0, 0.1) is 0 Å². The van der Waals surface area contributed by atoms with E-state index >= 15 is 0 Å². The van der Waals surface area contributed by atoms with Crippen molar-refractivity contribution in [3.05, 3.63) is 17.8 Å². The number of aliphatic hydroxyl groups is 2. The molecule has 0 spiro atoms. The Kier molecular flexibility index (Phi) is 2.85. The SMILES string of the molecule is CC(C)(C)c1nc(C(O)(O)C(C)(F)F)co1. The lowest BCUT2D eigenvalue weighted by Crippen LogP contribution is -2.43. The maximum absolute atomic E-state index is 12.9. The van der Waals surface area contributed by atoms with Crippen LogP contribution in [-0.4, -0.2) is 21.1 Å². The van der Waals surface area contributed by atoms with Gasteiger partial charge in [0.15, 0.2) is 5.89 Å². The Hall–Kier alpha value is -1.01. The van der Waals surface area contributed by atoms with Gasteiger partial charge in [-0.05, 0) is 0 Å². The van der Waals surface area contributed by atoms with Crippen LogP contribution in [0.3, 0.4) is 0 Å². The monoisotopic (exact) mass is 235 g/mol. The van der Waals surface area contributed by atoms with E-state index < -0.39 is 22.8 Å². The fraction of sp³-hybridized carbons (Fsp3) is 0.700. The molecule has 6 heteroatoms. The first kappa shape index (κ1) is 13.1. The third-order valence-electron chi connectivity index (χ3n) is 2.12. The van der Waals surface area contributed by atoms with Crippen molar-refractivity contribution in [1.29, 1.82) is 0 Å². The molecular formula is C10H15F2NO3. The summed E-state index contributed by atoms with van der Waals surface area (Å²) in [5, 5.41) is 18.6. The topological polar surface area (TPSA) is 66.5 Å². The van der Waals surface area contributed by atoms with Gasteiger partial charge in [-0.3, -0.25) is 0 Å². The number of nitrogens with zero attached hydrogens (tertiary/aromatic N) is 1. The minimum Gasteiger partial charge on any atom is -0.448 e. The number of hydrogen-bond acceptors (Lipinski definition) is 4. The molecule has 0 aliphatic heterocycles. The van der Waals surface area contributed by atoms with Crippen molar-refractivity contribution in [2.24, 2.45) is 0 Å². The zero-order chi connectivity index (χ0) is 12.8. The molecule has 0 amide bonds. The fourth-order valence-electron chi connectivity index (χ4n) is 1.00. The van der Waals surface area contributed by atoms with Gasteiger partial charge in [-0.2, -0.15) is 0 Å². The van der Waals surface area contributed by atoms with Gasteiger partial charge in [0.1, 0.15) is 12.0 Å². The average Bonchev–Trinajstić information content (AvgIpc) is 2.47. The molecule has 1 aromatic heterocycles. The summed E-state index contributed by atoms with van der Waals surface area (Å²) in [6, 6.07) is 0. The summed E-state index contributed by atoms with van der Waals surface area (Å²) in [5.41, 5.74) is -1.08. The maximum atomic E-state index is 12.9. The molecule has 0 aliphatic rings. The summed E-state index contributed by atoms with van der Waals surface area (Å²) in [4.78, 5) is 3.67. The first-order chi connectivity index (χ1) is 6.96. The number of rotatable bonds is 2. The lowest BCUT2D eigenvalue weighted by molar-refractivity contribution is -0.299. The van der Waals surface area contributed by atoms with E-state index in [0.29, 0.717) is 6.92 Å². The van der Waals surface area contributed by atoms with E-state index in [2.05, 4.69) is 4.98 Å². The predicted octanol–water partition coefficient (Wildman–Crippen LogP) is 1.76. The van der Waals surface area contributed by atoms with E-state index in [4.69, 9.17) is 4.42 Å². The molecule has 0 fully saturated rings. The van der Waals surface area contributed by atoms with Gasteiger partial charge in [0.25, 0.3) is 5.79 Å².